The molecule has 2 aromatic heterocycles. The summed E-state index contributed by atoms with van der Waals surface area (Å²) in [4.78, 5) is 4.29. The number of aliphatic hydroxyl groups is 1. The van der Waals surface area contributed by atoms with Gasteiger partial charge >= 0.3 is 0 Å². The van der Waals surface area contributed by atoms with Crippen LogP contribution in [0.2, 0.25) is 0 Å². The van der Waals surface area contributed by atoms with E-state index in [1.165, 1.54) is 15.6 Å². The highest BCUT2D eigenvalue weighted by molar-refractivity contribution is 7.17. The number of aromatic nitrogens is 1. The van der Waals surface area contributed by atoms with E-state index >= 15 is 0 Å². The molecule has 0 amide bonds. The predicted octanol–water partition coefficient (Wildman–Crippen LogP) is 3.88. The van der Waals surface area contributed by atoms with Crippen LogP contribution >= 0.6 is 11.3 Å². The van der Waals surface area contributed by atoms with E-state index in [-0.39, 0.29) is 0 Å². The molecule has 0 fully saturated rings. The summed E-state index contributed by atoms with van der Waals surface area (Å²) in [6.07, 6.45) is 1.80. The third kappa shape index (κ3) is 2.39. The Morgan fingerprint density at radius 2 is 2.05 bits per heavy atom. The van der Waals surface area contributed by atoms with Crippen molar-refractivity contribution < 1.29 is 5.11 Å². The molecule has 3 rings (SSSR count). The number of hydrogen-bond acceptors (Lipinski definition) is 3. The molecule has 0 saturated carbocycles. The van der Waals surface area contributed by atoms with Gasteiger partial charge < -0.3 is 5.11 Å². The number of rotatable bonds is 3. The molecule has 0 aliphatic rings. The average molecular weight is 269 g/mol. The first-order chi connectivity index (χ1) is 9.25. The molecule has 1 aromatic carbocycles. The maximum absolute atomic E-state index is 10.4. The quantitative estimate of drug-likeness (QED) is 0.782. The Morgan fingerprint density at radius 1 is 1.21 bits per heavy atom. The SMILES string of the molecule is Cc1cccnc1C(O)Cc1csc2ccccc12. The van der Waals surface area contributed by atoms with Gasteiger partial charge in [-0.1, -0.05) is 24.3 Å². The molecule has 1 unspecified atom stereocenters. The van der Waals surface area contributed by atoms with E-state index in [1.54, 1.807) is 17.5 Å². The first-order valence-electron chi connectivity index (χ1n) is 6.30. The lowest BCUT2D eigenvalue weighted by Gasteiger charge is -2.11. The molecule has 0 radical (unpaired) electrons. The zero-order chi connectivity index (χ0) is 13.2. The smallest absolute Gasteiger partial charge is 0.100 e. The highest BCUT2D eigenvalue weighted by atomic mass is 32.1. The Hall–Kier alpha value is -1.71. The fraction of sp³-hybridized carbons (Fsp3) is 0.188. The summed E-state index contributed by atoms with van der Waals surface area (Å²) in [5.74, 6) is 0. The van der Waals surface area contributed by atoms with Crippen LogP contribution in [0.25, 0.3) is 10.1 Å². The zero-order valence-electron chi connectivity index (χ0n) is 10.7. The van der Waals surface area contributed by atoms with Crippen molar-refractivity contribution in [2.45, 2.75) is 19.4 Å². The van der Waals surface area contributed by atoms with Crippen molar-refractivity contribution in [2.24, 2.45) is 0 Å². The molecule has 2 heterocycles. The van der Waals surface area contributed by atoms with Crippen LogP contribution < -0.4 is 0 Å². The van der Waals surface area contributed by atoms with E-state index in [0.717, 1.165) is 11.3 Å². The predicted molar refractivity (Wildman–Crippen MR) is 79.5 cm³/mol. The van der Waals surface area contributed by atoms with Gasteiger partial charge in [0.25, 0.3) is 0 Å². The fourth-order valence-electron chi connectivity index (χ4n) is 2.34. The van der Waals surface area contributed by atoms with Gasteiger partial charge in [0.05, 0.1) is 5.69 Å². The first-order valence-corrected chi connectivity index (χ1v) is 7.18. The number of pyridine rings is 1. The van der Waals surface area contributed by atoms with Crippen molar-refractivity contribution in [1.82, 2.24) is 4.98 Å². The second kappa shape index (κ2) is 5.11. The van der Waals surface area contributed by atoms with Crippen LogP contribution in [-0.4, -0.2) is 10.1 Å². The summed E-state index contributed by atoms with van der Waals surface area (Å²) in [6, 6.07) is 12.2. The summed E-state index contributed by atoms with van der Waals surface area (Å²) in [7, 11) is 0. The van der Waals surface area contributed by atoms with Crippen LogP contribution in [0.4, 0.5) is 0 Å². The Balaban J connectivity index is 1.91. The van der Waals surface area contributed by atoms with Crippen LogP contribution in [0, 0.1) is 6.92 Å². The van der Waals surface area contributed by atoms with Crippen LogP contribution in [-0.2, 0) is 6.42 Å². The van der Waals surface area contributed by atoms with Gasteiger partial charge in [-0.2, -0.15) is 0 Å². The van der Waals surface area contributed by atoms with Crippen LogP contribution in [0.15, 0.2) is 48.0 Å². The van der Waals surface area contributed by atoms with Crippen molar-refractivity contribution in [1.29, 1.82) is 0 Å². The number of aliphatic hydroxyl groups excluding tert-OH is 1. The summed E-state index contributed by atoms with van der Waals surface area (Å²) in [5, 5.41) is 13.7. The van der Waals surface area contributed by atoms with Gasteiger partial charge in [0.1, 0.15) is 6.10 Å². The van der Waals surface area contributed by atoms with Crippen LogP contribution in [0.3, 0.4) is 0 Å². The molecule has 1 atom stereocenters. The Kier molecular flexibility index (Phi) is 3.32. The summed E-state index contributed by atoms with van der Waals surface area (Å²) < 4.78 is 1.27. The fourth-order valence-corrected chi connectivity index (χ4v) is 3.32. The molecular formula is C16H15NOS. The summed E-state index contributed by atoms with van der Waals surface area (Å²) >= 11 is 1.72. The number of thiophene rings is 1. The van der Waals surface area contributed by atoms with Crippen molar-refractivity contribution >= 4 is 21.4 Å². The summed E-state index contributed by atoms with van der Waals surface area (Å²) in [5.41, 5.74) is 3.01. The van der Waals surface area contributed by atoms with Gasteiger partial charge in [-0.3, -0.25) is 4.98 Å². The maximum Gasteiger partial charge on any atom is 0.100 e. The van der Waals surface area contributed by atoms with Gasteiger partial charge in [-0.15, -0.1) is 11.3 Å². The van der Waals surface area contributed by atoms with Gasteiger partial charge in [0, 0.05) is 17.3 Å². The molecule has 0 spiro atoms. The van der Waals surface area contributed by atoms with Crippen molar-refractivity contribution in [3.05, 3.63) is 64.8 Å². The van der Waals surface area contributed by atoms with E-state index in [2.05, 4.69) is 22.5 Å². The second-order valence-corrected chi connectivity index (χ2v) is 5.59. The molecular weight excluding hydrogens is 254 g/mol. The lowest BCUT2D eigenvalue weighted by molar-refractivity contribution is 0.173. The molecule has 3 heteroatoms. The van der Waals surface area contributed by atoms with Gasteiger partial charge in [-0.25, -0.2) is 0 Å². The highest BCUT2D eigenvalue weighted by Gasteiger charge is 2.14. The Labute approximate surface area is 116 Å². The molecule has 2 nitrogen and oxygen atoms in total. The highest BCUT2D eigenvalue weighted by Crippen LogP contribution is 2.29. The molecule has 3 aromatic rings. The minimum Gasteiger partial charge on any atom is -0.386 e. The Bertz CT molecular complexity index is 705. The van der Waals surface area contributed by atoms with E-state index < -0.39 is 6.10 Å². The van der Waals surface area contributed by atoms with Gasteiger partial charge in [-0.05, 0) is 40.9 Å². The molecule has 0 bridgehead atoms. The second-order valence-electron chi connectivity index (χ2n) is 4.68. The lowest BCUT2D eigenvalue weighted by atomic mass is 10.0. The lowest BCUT2D eigenvalue weighted by Crippen LogP contribution is -2.05. The van der Waals surface area contributed by atoms with Crippen molar-refractivity contribution in [3.63, 3.8) is 0 Å². The van der Waals surface area contributed by atoms with E-state index in [1.807, 2.05) is 31.2 Å². The van der Waals surface area contributed by atoms with Crippen molar-refractivity contribution in [2.75, 3.05) is 0 Å². The number of aryl methyl sites for hydroxylation is 1. The largest absolute Gasteiger partial charge is 0.386 e. The van der Waals surface area contributed by atoms with Crippen LogP contribution in [0.5, 0.6) is 0 Å². The third-order valence-corrected chi connectivity index (χ3v) is 4.35. The van der Waals surface area contributed by atoms with Crippen LogP contribution in [0.1, 0.15) is 22.9 Å². The van der Waals surface area contributed by atoms with Gasteiger partial charge in [0.15, 0.2) is 0 Å². The standard InChI is InChI=1S/C16H15NOS/c1-11-5-4-8-17-16(11)14(18)9-12-10-19-15-7-3-2-6-13(12)15/h2-8,10,14,18H,9H2,1H3. The van der Waals surface area contributed by atoms with E-state index in [9.17, 15) is 5.11 Å². The topological polar surface area (TPSA) is 33.1 Å². The first kappa shape index (κ1) is 12.3. The molecule has 0 saturated heterocycles. The summed E-state index contributed by atoms with van der Waals surface area (Å²) in [6.45, 7) is 1.98. The minimum atomic E-state index is -0.542. The molecule has 0 aliphatic carbocycles. The Morgan fingerprint density at radius 3 is 2.89 bits per heavy atom. The number of benzene rings is 1. The maximum atomic E-state index is 10.4. The molecule has 1 N–H and O–H groups in total. The normalized spacial score (nSPS) is 12.7. The minimum absolute atomic E-state index is 0.542. The average Bonchev–Trinajstić information content (AvgIpc) is 2.83. The van der Waals surface area contributed by atoms with E-state index in [4.69, 9.17) is 0 Å². The van der Waals surface area contributed by atoms with E-state index in [0.29, 0.717) is 6.42 Å². The zero-order valence-corrected chi connectivity index (χ0v) is 11.5. The molecule has 96 valence electrons. The number of fused-ring (bicyclic) bond motifs is 1. The monoisotopic (exact) mass is 269 g/mol. The van der Waals surface area contributed by atoms with Gasteiger partial charge in [0.2, 0.25) is 0 Å². The third-order valence-electron chi connectivity index (χ3n) is 3.34. The van der Waals surface area contributed by atoms with Crippen molar-refractivity contribution in [3.8, 4) is 0 Å². The number of nitrogens with zero attached hydrogens (tertiary/aromatic N) is 1. The molecule has 19 heavy (non-hydrogen) atoms. The molecule has 0 aliphatic heterocycles. The number of hydrogen-bond donors (Lipinski definition) is 1.